The van der Waals surface area contributed by atoms with Gasteiger partial charge in [0.2, 0.25) is 0 Å². The van der Waals surface area contributed by atoms with Crippen molar-refractivity contribution in [1.82, 2.24) is 0 Å². The number of hydrogen-bond donors (Lipinski definition) is 1. The van der Waals surface area contributed by atoms with E-state index in [0.29, 0.717) is 24.7 Å². The standard InChI is InChI=1S/C16H23NO4/c1-16(2)9-7-14(21-16)11-20-15(18)8-10-19-13-5-3-12(17)4-6-13/h3-6,14H,7-11,17H2,1-2H3. The highest BCUT2D eigenvalue weighted by Crippen LogP contribution is 2.29. The molecular formula is C16H23NO4. The van der Waals surface area contributed by atoms with E-state index in [1.54, 1.807) is 24.3 Å². The third kappa shape index (κ3) is 5.27. The molecule has 1 aromatic carbocycles. The summed E-state index contributed by atoms with van der Waals surface area (Å²) in [5.74, 6) is 0.427. The summed E-state index contributed by atoms with van der Waals surface area (Å²) in [5.41, 5.74) is 6.16. The van der Waals surface area contributed by atoms with Crippen molar-refractivity contribution in [3.63, 3.8) is 0 Å². The lowest BCUT2D eigenvalue weighted by Gasteiger charge is -2.19. The van der Waals surface area contributed by atoms with E-state index in [9.17, 15) is 4.79 Å². The third-order valence-corrected chi connectivity index (χ3v) is 3.44. The second-order valence-corrected chi connectivity index (χ2v) is 5.89. The summed E-state index contributed by atoms with van der Waals surface area (Å²) in [7, 11) is 0. The Balaban J connectivity index is 1.61. The van der Waals surface area contributed by atoms with Crippen molar-refractivity contribution in [2.75, 3.05) is 18.9 Å². The van der Waals surface area contributed by atoms with Gasteiger partial charge in [-0.2, -0.15) is 0 Å². The molecule has 0 aromatic heterocycles. The third-order valence-electron chi connectivity index (χ3n) is 3.44. The molecule has 1 heterocycles. The number of ether oxygens (including phenoxy) is 3. The molecule has 0 amide bonds. The van der Waals surface area contributed by atoms with Crippen LogP contribution in [-0.2, 0) is 14.3 Å². The quantitative estimate of drug-likeness (QED) is 0.644. The predicted octanol–water partition coefficient (Wildman–Crippen LogP) is 2.54. The predicted molar refractivity (Wildman–Crippen MR) is 80.1 cm³/mol. The van der Waals surface area contributed by atoms with Gasteiger partial charge in [0.25, 0.3) is 0 Å². The smallest absolute Gasteiger partial charge is 0.309 e. The van der Waals surface area contributed by atoms with Crippen LogP contribution in [0.25, 0.3) is 0 Å². The second-order valence-electron chi connectivity index (χ2n) is 5.89. The number of hydrogen-bond acceptors (Lipinski definition) is 5. The van der Waals surface area contributed by atoms with Gasteiger partial charge in [-0.15, -0.1) is 0 Å². The maximum atomic E-state index is 11.6. The topological polar surface area (TPSA) is 70.8 Å². The number of esters is 1. The molecule has 1 aliphatic heterocycles. The summed E-state index contributed by atoms with van der Waals surface area (Å²) in [6, 6.07) is 7.06. The van der Waals surface area contributed by atoms with Crippen molar-refractivity contribution >= 4 is 11.7 Å². The molecule has 1 unspecified atom stereocenters. The zero-order valence-electron chi connectivity index (χ0n) is 12.6. The lowest BCUT2D eigenvalue weighted by atomic mass is 10.1. The molecule has 2 rings (SSSR count). The Morgan fingerprint density at radius 2 is 2.10 bits per heavy atom. The van der Waals surface area contributed by atoms with Gasteiger partial charge in [0, 0.05) is 5.69 Å². The first-order valence-electron chi connectivity index (χ1n) is 7.26. The Labute approximate surface area is 125 Å². The number of carbonyl (C=O) groups excluding carboxylic acids is 1. The summed E-state index contributed by atoms with van der Waals surface area (Å²) in [6.45, 7) is 4.72. The molecule has 0 radical (unpaired) electrons. The molecule has 0 aliphatic carbocycles. The molecule has 21 heavy (non-hydrogen) atoms. The van der Waals surface area contributed by atoms with Crippen molar-refractivity contribution in [3.8, 4) is 5.75 Å². The fourth-order valence-electron chi connectivity index (χ4n) is 2.27. The van der Waals surface area contributed by atoms with Crippen molar-refractivity contribution in [1.29, 1.82) is 0 Å². The molecule has 1 saturated heterocycles. The number of nitrogen functional groups attached to an aromatic ring is 1. The van der Waals surface area contributed by atoms with Crippen LogP contribution in [0.5, 0.6) is 5.75 Å². The monoisotopic (exact) mass is 293 g/mol. The van der Waals surface area contributed by atoms with Crippen LogP contribution in [0, 0.1) is 0 Å². The zero-order chi connectivity index (χ0) is 15.3. The van der Waals surface area contributed by atoms with Gasteiger partial charge in [0.05, 0.1) is 24.7 Å². The molecule has 0 saturated carbocycles. The first-order chi connectivity index (χ1) is 9.94. The molecule has 1 fully saturated rings. The SMILES string of the molecule is CC1(C)CCC(COC(=O)CCOc2ccc(N)cc2)O1. The molecular weight excluding hydrogens is 270 g/mol. The molecule has 1 aromatic rings. The van der Waals surface area contributed by atoms with Crippen LogP contribution in [0.1, 0.15) is 33.1 Å². The maximum Gasteiger partial charge on any atom is 0.309 e. The second kappa shape index (κ2) is 6.80. The van der Waals surface area contributed by atoms with Crippen molar-refractivity contribution in [2.45, 2.75) is 44.8 Å². The first-order valence-corrected chi connectivity index (χ1v) is 7.26. The van der Waals surface area contributed by atoms with E-state index in [1.807, 2.05) is 0 Å². The van der Waals surface area contributed by atoms with E-state index < -0.39 is 0 Å². The van der Waals surface area contributed by atoms with Gasteiger partial charge < -0.3 is 19.9 Å². The minimum Gasteiger partial charge on any atom is -0.493 e. The fourth-order valence-corrected chi connectivity index (χ4v) is 2.27. The molecule has 1 atom stereocenters. The minimum absolute atomic E-state index is 0.0157. The summed E-state index contributed by atoms with van der Waals surface area (Å²) in [5, 5.41) is 0. The van der Waals surface area contributed by atoms with Crippen LogP contribution in [0.3, 0.4) is 0 Å². The van der Waals surface area contributed by atoms with Crippen LogP contribution in [0.15, 0.2) is 24.3 Å². The van der Waals surface area contributed by atoms with Gasteiger partial charge in [-0.25, -0.2) is 0 Å². The number of benzene rings is 1. The Morgan fingerprint density at radius 1 is 1.38 bits per heavy atom. The van der Waals surface area contributed by atoms with Gasteiger partial charge in [-0.05, 0) is 51.0 Å². The number of nitrogens with two attached hydrogens (primary N) is 1. The first kappa shape index (κ1) is 15.6. The zero-order valence-corrected chi connectivity index (χ0v) is 12.6. The molecule has 5 nitrogen and oxygen atoms in total. The molecule has 1 aliphatic rings. The van der Waals surface area contributed by atoms with E-state index in [2.05, 4.69) is 13.8 Å². The number of rotatable bonds is 6. The Hall–Kier alpha value is -1.75. The van der Waals surface area contributed by atoms with Crippen LogP contribution >= 0.6 is 0 Å². The van der Waals surface area contributed by atoms with E-state index >= 15 is 0 Å². The number of anilines is 1. The van der Waals surface area contributed by atoms with Crippen LogP contribution in [0.2, 0.25) is 0 Å². The van der Waals surface area contributed by atoms with E-state index in [4.69, 9.17) is 19.9 Å². The van der Waals surface area contributed by atoms with E-state index in [1.165, 1.54) is 0 Å². The van der Waals surface area contributed by atoms with Gasteiger partial charge in [-0.1, -0.05) is 0 Å². The lowest BCUT2D eigenvalue weighted by molar-refractivity contribution is -0.149. The highest BCUT2D eigenvalue weighted by molar-refractivity contribution is 5.69. The van der Waals surface area contributed by atoms with E-state index in [0.717, 1.165) is 12.8 Å². The van der Waals surface area contributed by atoms with Crippen molar-refractivity contribution in [3.05, 3.63) is 24.3 Å². The molecule has 0 bridgehead atoms. The average Bonchev–Trinajstić information content (AvgIpc) is 2.78. The summed E-state index contributed by atoms with van der Waals surface area (Å²) >= 11 is 0. The highest BCUT2D eigenvalue weighted by Gasteiger charge is 2.32. The van der Waals surface area contributed by atoms with Gasteiger partial charge in [0.15, 0.2) is 0 Å². The summed E-state index contributed by atoms with van der Waals surface area (Å²) in [4.78, 5) is 11.6. The summed E-state index contributed by atoms with van der Waals surface area (Å²) < 4.78 is 16.4. The van der Waals surface area contributed by atoms with Crippen molar-refractivity contribution < 1.29 is 19.0 Å². The summed E-state index contributed by atoms with van der Waals surface area (Å²) in [6.07, 6.45) is 2.17. The van der Waals surface area contributed by atoms with Crippen LogP contribution in [0.4, 0.5) is 5.69 Å². The fraction of sp³-hybridized carbons (Fsp3) is 0.562. The normalized spacial score (nSPS) is 20.2. The average molecular weight is 293 g/mol. The largest absolute Gasteiger partial charge is 0.493 e. The Morgan fingerprint density at radius 3 is 2.71 bits per heavy atom. The molecule has 0 spiro atoms. The van der Waals surface area contributed by atoms with Crippen LogP contribution < -0.4 is 10.5 Å². The van der Waals surface area contributed by atoms with Gasteiger partial charge in [0.1, 0.15) is 12.4 Å². The highest BCUT2D eigenvalue weighted by atomic mass is 16.6. The van der Waals surface area contributed by atoms with Gasteiger partial charge in [-0.3, -0.25) is 4.79 Å². The Bertz CT molecular complexity index is 470. The molecule has 5 heteroatoms. The van der Waals surface area contributed by atoms with E-state index in [-0.39, 0.29) is 24.1 Å². The van der Waals surface area contributed by atoms with Gasteiger partial charge >= 0.3 is 5.97 Å². The lowest BCUT2D eigenvalue weighted by Crippen LogP contribution is -2.24. The molecule has 2 N–H and O–H groups in total. The Kier molecular flexibility index (Phi) is 5.07. The maximum absolute atomic E-state index is 11.6. The number of carbonyl (C=O) groups is 1. The van der Waals surface area contributed by atoms with Crippen molar-refractivity contribution in [2.24, 2.45) is 0 Å². The minimum atomic E-state index is -0.265. The molecule has 116 valence electrons. The van der Waals surface area contributed by atoms with Crippen LogP contribution in [-0.4, -0.2) is 30.9 Å².